The van der Waals surface area contributed by atoms with Crippen LogP contribution in [-0.2, 0) is 14.3 Å². The van der Waals surface area contributed by atoms with Crippen molar-refractivity contribution in [1.29, 1.82) is 0 Å². The van der Waals surface area contributed by atoms with Crippen molar-refractivity contribution >= 4 is 34.2 Å². The van der Waals surface area contributed by atoms with Crippen LogP contribution in [-0.4, -0.2) is 31.6 Å². The molecule has 7 heteroatoms. The van der Waals surface area contributed by atoms with Gasteiger partial charge in [-0.25, -0.2) is 9.59 Å². The number of thiophene rings is 1. The van der Waals surface area contributed by atoms with Gasteiger partial charge < -0.3 is 14.8 Å². The van der Waals surface area contributed by atoms with Crippen molar-refractivity contribution in [2.75, 3.05) is 19.0 Å². The van der Waals surface area contributed by atoms with Crippen LogP contribution in [0.15, 0.2) is 18.2 Å². The average molecular weight is 375 g/mol. The largest absolute Gasteiger partial charge is 0.465 e. The Morgan fingerprint density at radius 2 is 1.73 bits per heavy atom. The van der Waals surface area contributed by atoms with Crippen molar-refractivity contribution in [2.45, 2.75) is 27.7 Å². The summed E-state index contributed by atoms with van der Waals surface area (Å²) >= 11 is 1.27. The highest BCUT2D eigenvalue weighted by molar-refractivity contribution is 7.16. The predicted molar refractivity (Wildman–Crippen MR) is 100.0 cm³/mol. The summed E-state index contributed by atoms with van der Waals surface area (Å²) in [6, 6.07) is 5.20. The Kier molecular flexibility index (Phi) is 6.15. The van der Waals surface area contributed by atoms with Gasteiger partial charge in [0.05, 0.1) is 18.2 Å². The van der Waals surface area contributed by atoms with Gasteiger partial charge in [-0.1, -0.05) is 6.07 Å². The molecule has 0 aliphatic heterocycles. The molecule has 26 heavy (non-hydrogen) atoms. The van der Waals surface area contributed by atoms with Crippen molar-refractivity contribution < 1.29 is 23.9 Å². The van der Waals surface area contributed by atoms with Crippen LogP contribution in [0.2, 0.25) is 0 Å². The van der Waals surface area contributed by atoms with E-state index in [0.717, 1.165) is 21.6 Å². The Morgan fingerprint density at radius 1 is 1.04 bits per heavy atom. The molecule has 0 aliphatic rings. The summed E-state index contributed by atoms with van der Waals surface area (Å²) in [5.74, 6) is -1.61. The molecule has 0 aliphatic carbocycles. The fourth-order valence-corrected chi connectivity index (χ4v) is 3.37. The first-order valence-electron chi connectivity index (χ1n) is 7.97. The molecule has 0 unspecified atom stereocenters. The minimum absolute atomic E-state index is 0.323. The zero-order valence-electron chi connectivity index (χ0n) is 15.4. The van der Waals surface area contributed by atoms with Gasteiger partial charge in [0.1, 0.15) is 5.00 Å². The lowest BCUT2D eigenvalue weighted by Gasteiger charge is -2.08. The minimum atomic E-state index is -0.574. The molecule has 1 amide bonds. The summed E-state index contributed by atoms with van der Waals surface area (Å²) in [6.07, 6.45) is 0. The first-order chi connectivity index (χ1) is 12.2. The lowest BCUT2D eigenvalue weighted by Crippen LogP contribution is -2.21. The van der Waals surface area contributed by atoms with Gasteiger partial charge in [-0.3, -0.25) is 4.79 Å². The fourth-order valence-electron chi connectivity index (χ4n) is 2.31. The van der Waals surface area contributed by atoms with Gasteiger partial charge in [-0.05, 0) is 56.5 Å². The van der Waals surface area contributed by atoms with E-state index in [9.17, 15) is 14.4 Å². The Balaban J connectivity index is 2.03. The molecule has 0 saturated carbocycles. The maximum atomic E-state index is 12.1. The van der Waals surface area contributed by atoms with Crippen LogP contribution in [0, 0.1) is 27.7 Å². The van der Waals surface area contributed by atoms with Crippen molar-refractivity contribution in [3.05, 3.63) is 50.9 Å². The quantitative estimate of drug-likeness (QED) is 0.808. The Labute approximate surface area is 156 Å². The van der Waals surface area contributed by atoms with Crippen LogP contribution in [0.3, 0.4) is 0 Å². The Morgan fingerprint density at radius 3 is 2.35 bits per heavy atom. The van der Waals surface area contributed by atoms with Gasteiger partial charge in [-0.2, -0.15) is 0 Å². The van der Waals surface area contributed by atoms with Crippen LogP contribution in [0.25, 0.3) is 0 Å². The van der Waals surface area contributed by atoms with Gasteiger partial charge in [0.15, 0.2) is 6.61 Å². The lowest BCUT2D eigenvalue weighted by molar-refractivity contribution is -0.119. The third-order valence-corrected chi connectivity index (χ3v) is 5.23. The van der Waals surface area contributed by atoms with Crippen LogP contribution >= 0.6 is 11.3 Å². The van der Waals surface area contributed by atoms with E-state index < -0.39 is 24.5 Å². The van der Waals surface area contributed by atoms with Crippen LogP contribution in [0.1, 0.15) is 42.3 Å². The number of anilines is 1. The van der Waals surface area contributed by atoms with E-state index in [2.05, 4.69) is 5.32 Å². The van der Waals surface area contributed by atoms with Gasteiger partial charge in [0, 0.05) is 4.88 Å². The fraction of sp³-hybridized carbons (Fsp3) is 0.316. The molecule has 1 heterocycles. The predicted octanol–water partition coefficient (Wildman–Crippen LogP) is 3.56. The molecule has 138 valence electrons. The summed E-state index contributed by atoms with van der Waals surface area (Å²) in [5.41, 5.74) is 3.50. The highest BCUT2D eigenvalue weighted by atomic mass is 32.1. The number of esters is 2. The molecule has 1 N–H and O–H groups in total. The summed E-state index contributed by atoms with van der Waals surface area (Å²) in [5, 5.41) is 3.00. The number of nitrogens with one attached hydrogen (secondary N) is 1. The molecule has 0 fully saturated rings. The second-order valence-corrected chi connectivity index (χ2v) is 7.13. The number of methoxy groups -OCH3 is 1. The van der Waals surface area contributed by atoms with Crippen LogP contribution in [0.4, 0.5) is 5.00 Å². The highest BCUT2D eigenvalue weighted by Crippen LogP contribution is 2.32. The molecule has 0 spiro atoms. The van der Waals surface area contributed by atoms with E-state index in [0.29, 0.717) is 16.1 Å². The molecule has 2 aromatic rings. The monoisotopic (exact) mass is 375 g/mol. The Hall–Kier alpha value is -2.67. The third kappa shape index (κ3) is 4.29. The Bertz CT molecular complexity index is 869. The number of hydrogen-bond donors (Lipinski definition) is 1. The minimum Gasteiger partial charge on any atom is -0.465 e. The van der Waals surface area contributed by atoms with E-state index in [1.54, 1.807) is 19.1 Å². The summed E-state index contributed by atoms with van der Waals surface area (Å²) in [4.78, 5) is 37.0. The van der Waals surface area contributed by atoms with E-state index in [1.165, 1.54) is 18.4 Å². The summed E-state index contributed by atoms with van der Waals surface area (Å²) in [6.45, 7) is 7.04. The van der Waals surface area contributed by atoms with Crippen LogP contribution in [0.5, 0.6) is 0 Å². The smallest absolute Gasteiger partial charge is 0.341 e. The van der Waals surface area contributed by atoms with Gasteiger partial charge >= 0.3 is 11.9 Å². The second-order valence-electron chi connectivity index (χ2n) is 5.90. The van der Waals surface area contributed by atoms with Gasteiger partial charge in [0.25, 0.3) is 5.91 Å². The molecule has 6 nitrogen and oxygen atoms in total. The standard InChI is InChI=1S/C19H21NO5S/c1-10-6-7-14(8-11(10)2)18(22)25-9-15(21)20-17-16(19(23)24-5)12(3)13(4)26-17/h6-8H,9H2,1-5H3,(H,20,21). The van der Waals surface area contributed by atoms with E-state index in [-0.39, 0.29) is 0 Å². The zero-order valence-corrected chi connectivity index (χ0v) is 16.2. The lowest BCUT2D eigenvalue weighted by atomic mass is 10.1. The molecule has 1 aromatic heterocycles. The van der Waals surface area contributed by atoms with Gasteiger partial charge in [-0.15, -0.1) is 11.3 Å². The van der Waals surface area contributed by atoms with E-state index in [4.69, 9.17) is 9.47 Å². The topological polar surface area (TPSA) is 81.7 Å². The maximum absolute atomic E-state index is 12.1. The molecule has 0 saturated heterocycles. The third-order valence-electron chi connectivity index (χ3n) is 4.10. The average Bonchev–Trinajstić information content (AvgIpc) is 2.88. The van der Waals surface area contributed by atoms with Gasteiger partial charge in [0.2, 0.25) is 0 Å². The molecular formula is C19H21NO5S. The zero-order chi connectivity index (χ0) is 19.4. The molecule has 1 aromatic carbocycles. The number of carbonyl (C=O) groups excluding carboxylic acids is 3. The number of benzene rings is 1. The highest BCUT2D eigenvalue weighted by Gasteiger charge is 2.22. The van der Waals surface area contributed by atoms with E-state index >= 15 is 0 Å². The van der Waals surface area contributed by atoms with Crippen molar-refractivity contribution in [3.8, 4) is 0 Å². The first kappa shape index (κ1) is 19.7. The number of aryl methyl sites for hydroxylation is 3. The molecule has 0 atom stereocenters. The molecule has 0 bridgehead atoms. The number of amides is 1. The number of carbonyl (C=O) groups is 3. The van der Waals surface area contributed by atoms with Crippen molar-refractivity contribution in [3.63, 3.8) is 0 Å². The maximum Gasteiger partial charge on any atom is 0.341 e. The number of ether oxygens (including phenoxy) is 2. The van der Waals surface area contributed by atoms with Crippen molar-refractivity contribution in [1.82, 2.24) is 0 Å². The van der Waals surface area contributed by atoms with Crippen LogP contribution < -0.4 is 5.32 Å². The number of rotatable bonds is 5. The van der Waals surface area contributed by atoms with Crippen molar-refractivity contribution in [2.24, 2.45) is 0 Å². The second kappa shape index (κ2) is 8.14. The first-order valence-corrected chi connectivity index (χ1v) is 8.78. The summed E-state index contributed by atoms with van der Waals surface area (Å²) in [7, 11) is 1.28. The molecule has 2 rings (SSSR count). The number of hydrogen-bond acceptors (Lipinski definition) is 6. The SMILES string of the molecule is COC(=O)c1c(NC(=O)COC(=O)c2ccc(C)c(C)c2)sc(C)c1C. The molecule has 0 radical (unpaired) electrons. The normalized spacial score (nSPS) is 10.3. The van der Waals surface area contributed by atoms with E-state index in [1.807, 2.05) is 26.8 Å². The summed E-state index contributed by atoms with van der Waals surface area (Å²) < 4.78 is 9.82. The molecular weight excluding hydrogens is 354 g/mol.